The van der Waals surface area contributed by atoms with Gasteiger partial charge in [-0.2, -0.15) is 13.2 Å². The first-order valence-corrected chi connectivity index (χ1v) is 8.13. The van der Waals surface area contributed by atoms with E-state index in [2.05, 4.69) is 19.5 Å². The number of imide groups is 1. The molecule has 1 fully saturated rings. The van der Waals surface area contributed by atoms with E-state index in [9.17, 15) is 41.1 Å². The Morgan fingerprint density at radius 3 is 2.47 bits per heavy atom. The molecule has 0 saturated carbocycles. The van der Waals surface area contributed by atoms with Crippen LogP contribution < -0.4 is 14.8 Å². The Morgan fingerprint density at radius 1 is 1.23 bits per heavy atom. The molecule has 2 aliphatic heterocycles. The number of esters is 2. The van der Waals surface area contributed by atoms with E-state index >= 15 is 0 Å². The van der Waals surface area contributed by atoms with Crippen molar-refractivity contribution in [3.63, 3.8) is 0 Å². The summed E-state index contributed by atoms with van der Waals surface area (Å²) in [5.41, 5.74) is 0.253. The Bertz CT molecular complexity index is 933. The Hall–Kier alpha value is -3.45. The predicted molar refractivity (Wildman–Crippen MR) is 82.0 cm³/mol. The highest BCUT2D eigenvalue weighted by molar-refractivity contribution is 6.07. The van der Waals surface area contributed by atoms with E-state index in [-0.39, 0.29) is 17.1 Å². The number of carbonyl (C=O) groups is 4. The number of rotatable bonds is 3. The van der Waals surface area contributed by atoms with E-state index in [0.29, 0.717) is 4.90 Å². The number of β-lactam (4-membered cyclic amide) rings is 1. The normalized spacial score (nSPS) is 20.3. The fourth-order valence-electron chi connectivity index (χ4n) is 2.65. The molecule has 1 unspecified atom stereocenters. The number of nitrogens with one attached hydrogen (secondary N) is 1. The molecule has 3 rings (SSSR count). The maximum absolute atomic E-state index is 13.1. The zero-order chi connectivity index (χ0) is 22.4. The van der Waals surface area contributed by atoms with Crippen LogP contribution in [-0.4, -0.2) is 47.3 Å². The van der Waals surface area contributed by atoms with E-state index < -0.39 is 54.9 Å². The second kappa shape index (κ2) is 7.11. The van der Waals surface area contributed by atoms with Crippen molar-refractivity contribution in [2.75, 3.05) is 0 Å². The number of ether oxygens (including phenoxy) is 3. The van der Waals surface area contributed by atoms with Crippen molar-refractivity contribution >= 4 is 23.9 Å². The first kappa shape index (κ1) is 21.3. The van der Waals surface area contributed by atoms with Gasteiger partial charge in [-0.1, -0.05) is 6.07 Å². The first-order valence-electron chi connectivity index (χ1n) is 8.13. The van der Waals surface area contributed by atoms with Crippen LogP contribution in [0.3, 0.4) is 0 Å². The molecule has 0 bridgehead atoms. The SMILES string of the molecule is C[C@@H](NC(=O)N1C(=O)CC1C(=O)OC(=O)C(F)(F)F)c1ccc2c(c1)OC(F)(F)O2. The van der Waals surface area contributed by atoms with Gasteiger partial charge in [-0.25, -0.2) is 19.3 Å². The lowest BCUT2D eigenvalue weighted by Gasteiger charge is -2.36. The van der Waals surface area contributed by atoms with Gasteiger partial charge >= 0.3 is 30.4 Å². The first-order chi connectivity index (χ1) is 13.8. The molecule has 2 heterocycles. The van der Waals surface area contributed by atoms with Crippen LogP contribution in [0.2, 0.25) is 0 Å². The average molecular weight is 438 g/mol. The lowest BCUT2D eigenvalue weighted by molar-refractivity contribution is -0.286. The van der Waals surface area contributed by atoms with Gasteiger partial charge in [0.05, 0.1) is 12.5 Å². The summed E-state index contributed by atoms with van der Waals surface area (Å²) in [4.78, 5) is 46.6. The minimum absolute atomic E-state index is 0.239. The quantitative estimate of drug-likeness (QED) is 0.333. The van der Waals surface area contributed by atoms with Gasteiger partial charge in [0.25, 0.3) is 0 Å². The summed E-state index contributed by atoms with van der Waals surface area (Å²) in [7, 11) is 0. The van der Waals surface area contributed by atoms with Crippen LogP contribution in [0.25, 0.3) is 0 Å². The van der Waals surface area contributed by atoms with Gasteiger partial charge in [-0.3, -0.25) is 4.79 Å². The summed E-state index contributed by atoms with van der Waals surface area (Å²) in [6.07, 6.45) is -9.91. The monoisotopic (exact) mass is 438 g/mol. The summed E-state index contributed by atoms with van der Waals surface area (Å²) < 4.78 is 74.8. The summed E-state index contributed by atoms with van der Waals surface area (Å²) in [6.45, 7) is 1.40. The minimum Gasteiger partial charge on any atom is -0.395 e. The number of halogens is 5. The second-order valence-corrected chi connectivity index (χ2v) is 6.23. The summed E-state index contributed by atoms with van der Waals surface area (Å²) in [6, 6.07) is -0.156. The van der Waals surface area contributed by atoms with E-state index in [1.807, 2.05) is 0 Å². The number of nitrogens with zero attached hydrogens (tertiary/aromatic N) is 1. The number of benzene rings is 1. The molecule has 30 heavy (non-hydrogen) atoms. The molecule has 1 aromatic carbocycles. The average Bonchev–Trinajstić information content (AvgIpc) is 2.90. The van der Waals surface area contributed by atoms with Crippen molar-refractivity contribution in [3.8, 4) is 11.5 Å². The molecule has 2 aliphatic rings. The summed E-state index contributed by atoms with van der Waals surface area (Å²) in [5.74, 6) is -5.93. The molecule has 14 heteroatoms. The standard InChI is InChI=1S/C16H11F5N2O7/c1-6(7-2-3-9-10(4-7)30-16(20,21)29-9)22-14(27)23-8(5-11(23)24)12(25)28-13(26)15(17,18)19/h2-4,6,8H,5H2,1H3,(H,22,27)/t6-,8?/m1/s1. The third kappa shape index (κ3) is 4.11. The van der Waals surface area contributed by atoms with Crippen molar-refractivity contribution < 1.29 is 55.3 Å². The van der Waals surface area contributed by atoms with Gasteiger partial charge < -0.3 is 19.5 Å². The molecular formula is C16H11F5N2O7. The predicted octanol–water partition coefficient (Wildman–Crippen LogP) is 2.01. The summed E-state index contributed by atoms with van der Waals surface area (Å²) in [5, 5.41) is 2.28. The second-order valence-electron chi connectivity index (χ2n) is 6.23. The zero-order valence-corrected chi connectivity index (χ0v) is 14.8. The Kier molecular flexibility index (Phi) is 5.04. The van der Waals surface area contributed by atoms with Gasteiger partial charge in [0.15, 0.2) is 11.5 Å². The zero-order valence-electron chi connectivity index (χ0n) is 14.8. The van der Waals surface area contributed by atoms with Crippen LogP contribution in [-0.2, 0) is 19.1 Å². The molecule has 1 aromatic rings. The van der Waals surface area contributed by atoms with Crippen LogP contribution >= 0.6 is 0 Å². The number of carbonyl (C=O) groups excluding carboxylic acids is 4. The molecule has 162 valence electrons. The van der Waals surface area contributed by atoms with Crippen LogP contribution in [0.15, 0.2) is 18.2 Å². The van der Waals surface area contributed by atoms with Gasteiger partial charge in [0, 0.05) is 0 Å². The van der Waals surface area contributed by atoms with Crippen molar-refractivity contribution in [1.82, 2.24) is 10.2 Å². The molecule has 1 N–H and O–H groups in total. The molecule has 2 atom stereocenters. The smallest absolute Gasteiger partial charge is 0.395 e. The number of alkyl halides is 5. The van der Waals surface area contributed by atoms with Crippen LogP contribution in [0, 0.1) is 0 Å². The van der Waals surface area contributed by atoms with Crippen LogP contribution in [0.4, 0.5) is 26.7 Å². The number of hydrogen-bond donors (Lipinski definition) is 1. The molecule has 3 amide bonds. The molecule has 0 aromatic heterocycles. The summed E-state index contributed by atoms with van der Waals surface area (Å²) >= 11 is 0. The van der Waals surface area contributed by atoms with Crippen molar-refractivity contribution in [1.29, 1.82) is 0 Å². The molecule has 9 nitrogen and oxygen atoms in total. The van der Waals surface area contributed by atoms with Gasteiger partial charge in [-0.05, 0) is 24.6 Å². The third-order valence-electron chi connectivity index (χ3n) is 4.13. The number of hydrogen-bond acceptors (Lipinski definition) is 7. The number of fused-ring (bicyclic) bond motifs is 1. The molecular weight excluding hydrogens is 427 g/mol. The maximum atomic E-state index is 13.1. The number of urea groups is 1. The fourth-order valence-corrected chi connectivity index (χ4v) is 2.65. The molecule has 0 spiro atoms. The van der Waals surface area contributed by atoms with Gasteiger partial charge in [0.1, 0.15) is 6.04 Å². The van der Waals surface area contributed by atoms with Crippen molar-refractivity contribution in [3.05, 3.63) is 23.8 Å². The third-order valence-corrected chi connectivity index (χ3v) is 4.13. The highest BCUT2D eigenvalue weighted by Gasteiger charge is 2.50. The van der Waals surface area contributed by atoms with E-state index in [1.54, 1.807) is 0 Å². The highest BCUT2D eigenvalue weighted by atomic mass is 19.4. The van der Waals surface area contributed by atoms with Gasteiger partial charge in [-0.15, -0.1) is 8.78 Å². The largest absolute Gasteiger partial charge is 0.586 e. The van der Waals surface area contributed by atoms with Crippen LogP contribution in [0.5, 0.6) is 11.5 Å². The van der Waals surface area contributed by atoms with Gasteiger partial charge in [0.2, 0.25) is 5.91 Å². The minimum atomic E-state index is -5.43. The van der Waals surface area contributed by atoms with Crippen LogP contribution in [0.1, 0.15) is 24.9 Å². The molecule has 0 radical (unpaired) electrons. The number of amides is 3. The molecule has 0 aliphatic carbocycles. The number of likely N-dealkylation sites (tertiary alicyclic amines) is 1. The Balaban J connectivity index is 1.64. The van der Waals surface area contributed by atoms with Crippen molar-refractivity contribution in [2.45, 2.75) is 37.9 Å². The fraction of sp³-hybridized carbons (Fsp3) is 0.375. The highest BCUT2D eigenvalue weighted by Crippen LogP contribution is 2.42. The Labute approximate surface area is 163 Å². The van der Waals surface area contributed by atoms with E-state index in [1.165, 1.54) is 13.0 Å². The lowest BCUT2D eigenvalue weighted by atomic mass is 10.0. The van der Waals surface area contributed by atoms with E-state index in [4.69, 9.17) is 0 Å². The van der Waals surface area contributed by atoms with E-state index in [0.717, 1.165) is 12.1 Å². The topological polar surface area (TPSA) is 111 Å². The van der Waals surface area contributed by atoms with Crippen molar-refractivity contribution in [2.24, 2.45) is 0 Å². The Morgan fingerprint density at radius 2 is 1.87 bits per heavy atom. The maximum Gasteiger partial charge on any atom is 0.586 e. The molecule has 1 saturated heterocycles. The lowest BCUT2D eigenvalue weighted by Crippen LogP contribution is -2.62.